The van der Waals surface area contributed by atoms with Gasteiger partial charge < -0.3 is 0 Å². The minimum Gasteiger partial charge on any atom is -0.211 e. The Morgan fingerprint density at radius 1 is 0.909 bits per heavy atom. The molecule has 0 heterocycles. The van der Waals surface area contributed by atoms with Crippen molar-refractivity contribution < 1.29 is 8.42 Å². The number of unbranched alkanes of at least 4 members (excludes halogenated alkanes) is 3. The molecule has 0 saturated heterocycles. The minimum absolute atomic E-state index is 0.272. The molecule has 0 aromatic heterocycles. The highest BCUT2D eigenvalue weighted by Gasteiger charge is 2.17. The standard InChI is InChI=1S/C16H19Cl2NO2S/c17-11-3-1-2-4-12-19-22(20,21)16-10-6-7-13-14(16)8-5-9-15(13)18/h5-10,19H,1-4,11-12H2. The zero-order valence-corrected chi connectivity index (χ0v) is 14.5. The summed E-state index contributed by atoms with van der Waals surface area (Å²) in [7, 11) is -3.53. The topological polar surface area (TPSA) is 46.2 Å². The molecular weight excluding hydrogens is 341 g/mol. The molecule has 120 valence electrons. The van der Waals surface area contributed by atoms with Gasteiger partial charge in [0.05, 0.1) is 4.90 Å². The second-order valence-corrected chi connectivity index (χ2v) is 7.61. The lowest BCUT2D eigenvalue weighted by Crippen LogP contribution is -2.25. The summed E-state index contributed by atoms with van der Waals surface area (Å²) in [4.78, 5) is 0.272. The second-order valence-electron chi connectivity index (χ2n) is 5.09. The van der Waals surface area contributed by atoms with Crippen LogP contribution >= 0.6 is 23.2 Å². The van der Waals surface area contributed by atoms with Crippen molar-refractivity contribution in [1.82, 2.24) is 4.72 Å². The molecule has 0 aliphatic carbocycles. The normalized spacial score (nSPS) is 11.9. The van der Waals surface area contributed by atoms with Gasteiger partial charge in [-0.05, 0) is 25.0 Å². The van der Waals surface area contributed by atoms with Gasteiger partial charge in [0.15, 0.2) is 0 Å². The molecule has 2 aromatic carbocycles. The number of rotatable bonds is 8. The van der Waals surface area contributed by atoms with Crippen LogP contribution in [0, 0.1) is 0 Å². The van der Waals surface area contributed by atoms with Crippen LogP contribution < -0.4 is 4.72 Å². The zero-order chi connectivity index (χ0) is 16.0. The zero-order valence-electron chi connectivity index (χ0n) is 12.2. The third-order valence-corrected chi connectivity index (χ3v) is 5.59. The smallest absolute Gasteiger partial charge is 0.211 e. The number of nitrogens with one attached hydrogen (secondary N) is 1. The molecule has 0 aliphatic rings. The maximum absolute atomic E-state index is 12.5. The van der Waals surface area contributed by atoms with Crippen LogP contribution in [-0.2, 0) is 10.0 Å². The van der Waals surface area contributed by atoms with Gasteiger partial charge in [-0.25, -0.2) is 13.1 Å². The highest BCUT2D eigenvalue weighted by Crippen LogP contribution is 2.28. The number of fused-ring (bicyclic) bond motifs is 1. The molecular formula is C16H19Cl2NO2S. The van der Waals surface area contributed by atoms with Crippen LogP contribution in [0.3, 0.4) is 0 Å². The number of halogens is 2. The van der Waals surface area contributed by atoms with E-state index in [4.69, 9.17) is 23.2 Å². The molecule has 0 aliphatic heterocycles. The molecule has 0 unspecified atom stereocenters. The van der Waals surface area contributed by atoms with E-state index in [0.717, 1.165) is 31.1 Å². The third kappa shape index (κ3) is 4.35. The predicted molar refractivity (Wildman–Crippen MR) is 93.3 cm³/mol. The van der Waals surface area contributed by atoms with E-state index >= 15 is 0 Å². The van der Waals surface area contributed by atoms with Gasteiger partial charge in [-0.15, -0.1) is 11.6 Å². The Hall–Kier alpha value is -0.810. The summed E-state index contributed by atoms with van der Waals surface area (Å²) in [5.41, 5.74) is 0. The van der Waals surface area contributed by atoms with Crippen LogP contribution in [0.4, 0.5) is 0 Å². The number of hydrogen-bond acceptors (Lipinski definition) is 2. The quantitative estimate of drug-likeness (QED) is 0.554. The summed E-state index contributed by atoms with van der Waals surface area (Å²) in [5.74, 6) is 0.655. The van der Waals surface area contributed by atoms with E-state index in [-0.39, 0.29) is 4.90 Å². The first-order valence-electron chi connectivity index (χ1n) is 7.29. The fourth-order valence-electron chi connectivity index (χ4n) is 2.33. The van der Waals surface area contributed by atoms with Crippen molar-refractivity contribution in [3.63, 3.8) is 0 Å². The van der Waals surface area contributed by atoms with E-state index in [0.29, 0.717) is 22.8 Å². The summed E-state index contributed by atoms with van der Waals surface area (Å²) < 4.78 is 27.6. The first-order valence-corrected chi connectivity index (χ1v) is 9.69. The molecule has 0 saturated carbocycles. The Balaban J connectivity index is 2.11. The minimum atomic E-state index is -3.53. The Morgan fingerprint density at radius 2 is 1.59 bits per heavy atom. The summed E-state index contributed by atoms with van der Waals surface area (Å²) in [5, 5.41) is 1.94. The maximum Gasteiger partial charge on any atom is 0.241 e. The summed E-state index contributed by atoms with van der Waals surface area (Å²) in [6.07, 6.45) is 3.77. The SMILES string of the molecule is O=S(=O)(NCCCCCCCl)c1cccc2c(Cl)cccc12. The van der Waals surface area contributed by atoms with E-state index in [9.17, 15) is 8.42 Å². The van der Waals surface area contributed by atoms with Crippen LogP contribution in [-0.4, -0.2) is 20.8 Å². The fourth-order valence-corrected chi connectivity index (χ4v) is 4.05. The lowest BCUT2D eigenvalue weighted by molar-refractivity contribution is 0.574. The van der Waals surface area contributed by atoms with E-state index in [1.54, 1.807) is 30.3 Å². The van der Waals surface area contributed by atoms with E-state index in [1.807, 2.05) is 6.07 Å². The van der Waals surface area contributed by atoms with Gasteiger partial charge >= 0.3 is 0 Å². The van der Waals surface area contributed by atoms with Crippen molar-refractivity contribution in [2.75, 3.05) is 12.4 Å². The molecule has 0 radical (unpaired) electrons. The van der Waals surface area contributed by atoms with Crippen LogP contribution in [0.25, 0.3) is 10.8 Å². The molecule has 3 nitrogen and oxygen atoms in total. The molecule has 2 aromatic rings. The number of hydrogen-bond donors (Lipinski definition) is 1. The van der Waals surface area contributed by atoms with Gasteiger partial charge in [-0.3, -0.25) is 0 Å². The molecule has 1 N–H and O–H groups in total. The van der Waals surface area contributed by atoms with Crippen LogP contribution in [0.15, 0.2) is 41.3 Å². The fraction of sp³-hybridized carbons (Fsp3) is 0.375. The van der Waals surface area contributed by atoms with Crippen molar-refractivity contribution in [2.24, 2.45) is 0 Å². The van der Waals surface area contributed by atoms with Gasteiger partial charge in [0.25, 0.3) is 0 Å². The number of alkyl halides is 1. The van der Waals surface area contributed by atoms with Crippen molar-refractivity contribution in [3.05, 3.63) is 41.4 Å². The second kappa shape index (κ2) is 8.16. The lowest BCUT2D eigenvalue weighted by Gasteiger charge is -2.10. The van der Waals surface area contributed by atoms with E-state index in [1.165, 1.54) is 0 Å². The van der Waals surface area contributed by atoms with Crippen molar-refractivity contribution in [3.8, 4) is 0 Å². The molecule has 22 heavy (non-hydrogen) atoms. The van der Waals surface area contributed by atoms with Gasteiger partial charge in [0, 0.05) is 28.2 Å². The average molecular weight is 360 g/mol. The molecule has 0 spiro atoms. The molecule has 0 amide bonds. The van der Waals surface area contributed by atoms with E-state index < -0.39 is 10.0 Å². The van der Waals surface area contributed by atoms with Crippen molar-refractivity contribution in [1.29, 1.82) is 0 Å². The van der Waals surface area contributed by atoms with E-state index in [2.05, 4.69) is 4.72 Å². The molecule has 6 heteroatoms. The largest absolute Gasteiger partial charge is 0.241 e. The van der Waals surface area contributed by atoms with Gasteiger partial charge in [-0.1, -0.05) is 48.7 Å². The molecule has 2 rings (SSSR count). The molecule has 0 atom stereocenters. The Bertz CT molecular complexity index is 732. The Morgan fingerprint density at radius 3 is 2.36 bits per heavy atom. The van der Waals surface area contributed by atoms with Crippen molar-refractivity contribution in [2.45, 2.75) is 30.6 Å². The predicted octanol–water partition coefficient (Wildman–Crippen LogP) is 4.57. The average Bonchev–Trinajstić information content (AvgIpc) is 2.50. The molecule has 0 bridgehead atoms. The van der Waals surface area contributed by atoms with Crippen LogP contribution in [0.1, 0.15) is 25.7 Å². The van der Waals surface area contributed by atoms with Gasteiger partial charge in [-0.2, -0.15) is 0 Å². The number of sulfonamides is 1. The Labute approximate surface area is 141 Å². The summed E-state index contributed by atoms with van der Waals surface area (Å²) in [6, 6.07) is 10.4. The van der Waals surface area contributed by atoms with Gasteiger partial charge in [0.1, 0.15) is 0 Å². The maximum atomic E-state index is 12.5. The first kappa shape index (κ1) is 17.5. The Kier molecular flexibility index (Phi) is 6.50. The van der Waals surface area contributed by atoms with Gasteiger partial charge in [0.2, 0.25) is 10.0 Å². The summed E-state index contributed by atoms with van der Waals surface area (Å²) >= 11 is 11.7. The monoisotopic (exact) mass is 359 g/mol. The highest BCUT2D eigenvalue weighted by molar-refractivity contribution is 7.89. The first-order chi connectivity index (χ1) is 10.6. The van der Waals surface area contributed by atoms with Crippen molar-refractivity contribution >= 4 is 44.0 Å². The van der Waals surface area contributed by atoms with Crippen LogP contribution in [0.2, 0.25) is 5.02 Å². The van der Waals surface area contributed by atoms with Crippen LogP contribution in [0.5, 0.6) is 0 Å². The number of benzene rings is 2. The third-order valence-electron chi connectivity index (χ3n) is 3.47. The lowest BCUT2D eigenvalue weighted by atomic mass is 10.1. The highest BCUT2D eigenvalue weighted by atomic mass is 35.5. The summed E-state index contributed by atoms with van der Waals surface area (Å²) in [6.45, 7) is 0.432. The molecule has 0 fully saturated rings.